The molecule has 0 saturated carbocycles. The molecular formula is C14H18N4O5. The molecule has 0 saturated heterocycles. The van der Waals surface area contributed by atoms with Crippen molar-refractivity contribution < 1.29 is 19.3 Å². The number of hydrogen-bond donors (Lipinski definition) is 1. The van der Waals surface area contributed by atoms with Crippen molar-refractivity contribution in [1.82, 2.24) is 4.90 Å². The lowest BCUT2D eigenvalue weighted by Crippen LogP contribution is -2.33. The van der Waals surface area contributed by atoms with E-state index in [1.165, 1.54) is 24.3 Å². The summed E-state index contributed by atoms with van der Waals surface area (Å²) >= 11 is 0. The van der Waals surface area contributed by atoms with Crippen molar-refractivity contribution in [3.05, 3.63) is 34.4 Å². The maximum Gasteiger partial charge on any atom is 0.271 e. The zero-order chi connectivity index (χ0) is 17.2. The maximum atomic E-state index is 11.6. The van der Waals surface area contributed by atoms with Crippen LogP contribution in [0.5, 0.6) is 0 Å². The largest absolute Gasteiger partial charge is 0.386 e. The Labute approximate surface area is 133 Å². The quantitative estimate of drug-likeness (QED) is 0.441. The molecule has 1 aromatic carbocycles. The van der Waals surface area contributed by atoms with Gasteiger partial charge in [0.2, 0.25) is 0 Å². The Bertz CT molecular complexity index is 599. The number of nitrogens with one attached hydrogen (secondary N) is 1. The second-order valence-electron chi connectivity index (χ2n) is 4.37. The molecule has 0 atom stereocenters. The molecule has 9 nitrogen and oxygen atoms in total. The van der Waals surface area contributed by atoms with Gasteiger partial charge in [0.1, 0.15) is 6.21 Å². The fourth-order valence-electron chi connectivity index (χ4n) is 1.72. The van der Waals surface area contributed by atoms with Crippen LogP contribution >= 0.6 is 0 Å². The fourth-order valence-corrected chi connectivity index (χ4v) is 1.72. The zero-order valence-electron chi connectivity index (χ0n) is 12.9. The van der Waals surface area contributed by atoms with Crippen molar-refractivity contribution in [2.45, 2.75) is 13.8 Å². The Morgan fingerprint density at radius 3 is 2.70 bits per heavy atom. The number of likely N-dealkylation sites (N-methyl/N-ethyl adjacent to an activating group) is 1. The minimum absolute atomic E-state index is 0.138. The number of carbonyl (C=O) groups excluding carboxylic acids is 2. The standard InChI is InChI=1S/C14H18N4O5/c1-3-17(4-2)14(20)10-23-15-9-13(19)16-11-6-5-7-12(8-11)18(21)22/h5-9H,3-4,10H2,1-2H3,(H,16,19)/b15-9-. The molecule has 0 aromatic heterocycles. The first-order chi connectivity index (χ1) is 11.0. The number of amides is 2. The van der Waals surface area contributed by atoms with Crippen LogP contribution in [0.2, 0.25) is 0 Å². The van der Waals surface area contributed by atoms with Crippen molar-refractivity contribution >= 4 is 29.4 Å². The Kier molecular flexibility index (Phi) is 7.18. The van der Waals surface area contributed by atoms with Gasteiger partial charge < -0.3 is 15.1 Å². The molecule has 124 valence electrons. The first-order valence-corrected chi connectivity index (χ1v) is 6.96. The second-order valence-corrected chi connectivity index (χ2v) is 4.37. The van der Waals surface area contributed by atoms with Gasteiger partial charge in [-0.15, -0.1) is 0 Å². The van der Waals surface area contributed by atoms with Crippen LogP contribution in [0, 0.1) is 10.1 Å². The molecular weight excluding hydrogens is 304 g/mol. The Morgan fingerprint density at radius 2 is 2.09 bits per heavy atom. The van der Waals surface area contributed by atoms with E-state index in [4.69, 9.17) is 4.84 Å². The van der Waals surface area contributed by atoms with E-state index in [0.29, 0.717) is 13.1 Å². The van der Waals surface area contributed by atoms with Gasteiger partial charge >= 0.3 is 0 Å². The average Bonchev–Trinajstić information content (AvgIpc) is 2.53. The van der Waals surface area contributed by atoms with Crippen molar-refractivity contribution in [2.75, 3.05) is 25.0 Å². The third-order valence-corrected chi connectivity index (χ3v) is 2.87. The predicted octanol–water partition coefficient (Wildman–Crippen LogP) is 1.40. The number of anilines is 1. The summed E-state index contributed by atoms with van der Waals surface area (Å²) in [5.41, 5.74) is 0.121. The van der Waals surface area contributed by atoms with Gasteiger partial charge in [0.25, 0.3) is 17.5 Å². The summed E-state index contributed by atoms with van der Waals surface area (Å²) in [4.78, 5) is 39.6. The smallest absolute Gasteiger partial charge is 0.271 e. The minimum atomic E-state index is -0.624. The highest BCUT2D eigenvalue weighted by Crippen LogP contribution is 2.16. The highest BCUT2D eigenvalue weighted by molar-refractivity contribution is 6.31. The van der Waals surface area contributed by atoms with Crippen LogP contribution < -0.4 is 5.32 Å². The summed E-state index contributed by atoms with van der Waals surface area (Å²) < 4.78 is 0. The molecule has 0 fully saturated rings. The molecule has 9 heteroatoms. The Morgan fingerprint density at radius 1 is 1.39 bits per heavy atom. The van der Waals surface area contributed by atoms with E-state index in [-0.39, 0.29) is 23.9 Å². The zero-order valence-corrected chi connectivity index (χ0v) is 12.9. The molecule has 23 heavy (non-hydrogen) atoms. The summed E-state index contributed by atoms with van der Waals surface area (Å²) in [5.74, 6) is -0.855. The molecule has 0 spiro atoms. The fraction of sp³-hybridized carbons (Fsp3) is 0.357. The third kappa shape index (κ3) is 6.12. The summed E-state index contributed by atoms with van der Waals surface area (Å²) in [6.07, 6.45) is 0.856. The number of nitrogens with zero attached hydrogens (tertiary/aromatic N) is 3. The molecule has 1 rings (SSSR count). The van der Waals surface area contributed by atoms with Crippen LogP contribution in [0.15, 0.2) is 29.4 Å². The van der Waals surface area contributed by atoms with Gasteiger partial charge in [-0.3, -0.25) is 19.7 Å². The molecule has 0 heterocycles. The van der Waals surface area contributed by atoms with Crippen molar-refractivity contribution in [1.29, 1.82) is 0 Å². The number of nitro groups is 1. The highest BCUT2D eigenvalue weighted by Gasteiger charge is 2.10. The number of hydrogen-bond acceptors (Lipinski definition) is 6. The number of benzene rings is 1. The minimum Gasteiger partial charge on any atom is -0.386 e. The SMILES string of the molecule is CCN(CC)C(=O)CO/N=C\C(=O)Nc1cccc([N+](=O)[O-])c1. The molecule has 0 aliphatic heterocycles. The lowest BCUT2D eigenvalue weighted by Gasteiger charge is -2.17. The van der Waals surface area contributed by atoms with E-state index in [0.717, 1.165) is 6.21 Å². The van der Waals surface area contributed by atoms with Gasteiger partial charge in [-0.1, -0.05) is 11.2 Å². The normalized spacial score (nSPS) is 10.3. The van der Waals surface area contributed by atoms with Crippen LogP contribution in [0.25, 0.3) is 0 Å². The van der Waals surface area contributed by atoms with E-state index in [1.54, 1.807) is 4.90 Å². The maximum absolute atomic E-state index is 11.6. The number of non-ortho nitro benzene ring substituents is 1. The lowest BCUT2D eigenvalue weighted by atomic mass is 10.3. The van der Waals surface area contributed by atoms with Gasteiger partial charge in [0.15, 0.2) is 6.61 Å². The topological polar surface area (TPSA) is 114 Å². The van der Waals surface area contributed by atoms with E-state index in [2.05, 4.69) is 10.5 Å². The van der Waals surface area contributed by atoms with Crippen LogP contribution in [-0.2, 0) is 14.4 Å². The van der Waals surface area contributed by atoms with Gasteiger partial charge in [-0.2, -0.15) is 0 Å². The number of oxime groups is 1. The van der Waals surface area contributed by atoms with Crippen LogP contribution in [0.1, 0.15) is 13.8 Å². The summed E-state index contributed by atoms with van der Waals surface area (Å²) in [7, 11) is 0. The Balaban J connectivity index is 2.46. The van der Waals surface area contributed by atoms with Gasteiger partial charge in [-0.05, 0) is 19.9 Å². The number of nitro benzene ring substituents is 1. The van der Waals surface area contributed by atoms with E-state index in [1.807, 2.05) is 13.8 Å². The monoisotopic (exact) mass is 322 g/mol. The van der Waals surface area contributed by atoms with E-state index in [9.17, 15) is 19.7 Å². The first-order valence-electron chi connectivity index (χ1n) is 6.96. The third-order valence-electron chi connectivity index (χ3n) is 2.87. The second kappa shape index (κ2) is 9.13. The molecule has 0 aliphatic carbocycles. The molecule has 2 amide bonds. The first kappa shape index (κ1) is 18.1. The van der Waals surface area contributed by atoms with Crippen LogP contribution in [0.3, 0.4) is 0 Å². The van der Waals surface area contributed by atoms with Crippen molar-refractivity contribution in [2.24, 2.45) is 5.16 Å². The summed E-state index contributed by atoms with van der Waals surface area (Å²) in [6.45, 7) is 4.56. The average molecular weight is 322 g/mol. The highest BCUT2D eigenvalue weighted by atomic mass is 16.6. The molecule has 0 aliphatic rings. The molecule has 1 N–H and O–H groups in total. The number of rotatable bonds is 8. The van der Waals surface area contributed by atoms with Crippen molar-refractivity contribution in [3.8, 4) is 0 Å². The lowest BCUT2D eigenvalue weighted by molar-refractivity contribution is -0.384. The van der Waals surface area contributed by atoms with Crippen LogP contribution in [0.4, 0.5) is 11.4 Å². The van der Waals surface area contributed by atoms with Crippen molar-refractivity contribution in [3.63, 3.8) is 0 Å². The molecule has 0 unspecified atom stereocenters. The number of carbonyl (C=O) groups is 2. The van der Waals surface area contributed by atoms with Crippen LogP contribution in [-0.4, -0.2) is 47.5 Å². The summed E-state index contributed by atoms with van der Waals surface area (Å²) in [5, 5.41) is 16.4. The Hall–Kier alpha value is -2.97. The summed E-state index contributed by atoms with van der Waals surface area (Å²) in [6, 6.07) is 5.48. The van der Waals surface area contributed by atoms with Gasteiger partial charge in [0, 0.05) is 30.9 Å². The molecule has 0 bridgehead atoms. The van der Waals surface area contributed by atoms with E-state index >= 15 is 0 Å². The predicted molar refractivity (Wildman–Crippen MR) is 84.1 cm³/mol. The van der Waals surface area contributed by atoms with Gasteiger partial charge in [0.05, 0.1) is 4.92 Å². The molecule has 0 radical (unpaired) electrons. The molecule has 1 aromatic rings. The van der Waals surface area contributed by atoms with E-state index < -0.39 is 10.8 Å². The van der Waals surface area contributed by atoms with Gasteiger partial charge in [-0.25, -0.2) is 0 Å².